The van der Waals surface area contributed by atoms with Crippen LogP contribution in [0.15, 0.2) is 30.3 Å². The van der Waals surface area contributed by atoms with Gasteiger partial charge in [0.05, 0.1) is 12.6 Å². The van der Waals surface area contributed by atoms with Crippen molar-refractivity contribution in [2.75, 3.05) is 6.61 Å². The Balaban J connectivity index is 2.16. The van der Waals surface area contributed by atoms with Gasteiger partial charge in [0.15, 0.2) is 17.5 Å². The van der Waals surface area contributed by atoms with Gasteiger partial charge in [-0.15, -0.1) is 0 Å². The molecule has 0 fully saturated rings. The van der Waals surface area contributed by atoms with E-state index in [9.17, 15) is 18.3 Å². The molecule has 0 radical (unpaired) electrons. The summed E-state index contributed by atoms with van der Waals surface area (Å²) in [6, 6.07) is 7.07. The van der Waals surface area contributed by atoms with Gasteiger partial charge in [0, 0.05) is 6.54 Å². The van der Waals surface area contributed by atoms with Gasteiger partial charge in [-0.1, -0.05) is 23.8 Å². The van der Waals surface area contributed by atoms with Crippen molar-refractivity contribution in [3.63, 3.8) is 0 Å². The topological polar surface area (TPSA) is 32.3 Å². The molecule has 5 heteroatoms. The van der Waals surface area contributed by atoms with Gasteiger partial charge in [0.25, 0.3) is 0 Å². The Bertz CT molecular complexity index is 650. The molecule has 0 bridgehead atoms. The van der Waals surface area contributed by atoms with E-state index in [1.165, 1.54) is 0 Å². The minimum atomic E-state index is -1.50. The molecular weight excluding hydrogens is 291 g/mol. The van der Waals surface area contributed by atoms with Crippen molar-refractivity contribution in [2.24, 2.45) is 0 Å². The zero-order valence-corrected chi connectivity index (χ0v) is 12.5. The number of aliphatic hydroxyl groups is 1. The highest BCUT2D eigenvalue weighted by atomic mass is 19.2. The Kier molecular flexibility index (Phi) is 5.21. The van der Waals surface area contributed by atoms with Crippen LogP contribution in [0.1, 0.15) is 28.3 Å². The molecule has 118 valence electrons. The van der Waals surface area contributed by atoms with Gasteiger partial charge in [-0.05, 0) is 42.7 Å². The molecule has 22 heavy (non-hydrogen) atoms. The molecule has 0 heterocycles. The first-order chi connectivity index (χ1) is 10.4. The minimum absolute atomic E-state index is 0.170. The standard InChI is InChI=1S/C17H18F3NO/c1-10-3-4-12(11(2)5-10)8-21-16(9-22)13-6-14(18)17(20)15(19)7-13/h3-7,16,21-22H,8-9H2,1-2H3. The number of hydrogen-bond donors (Lipinski definition) is 2. The summed E-state index contributed by atoms with van der Waals surface area (Å²) in [6.07, 6.45) is 0. The van der Waals surface area contributed by atoms with Crippen LogP contribution in [0.3, 0.4) is 0 Å². The van der Waals surface area contributed by atoms with Crippen molar-refractivity contribution in [1.82, 2.24) is 5.32 Å². The van der Waals surface area contributed by atoms with Crippen LogP contribution in [0, 0.1) is 31.3 Å². The van der Waals surface area contributed by atoms with Crippen molar-refractivity contribution in [3.8, 4) is 0 Å². The molecule has 0 aromatic heterocycles. The van der Waals surface area contributed by atoms with Gasteiger partial charge in [-0.2, -0.15) is 0 Å². The van der Waals surface area contributed by atoms with E-state index in [1.54, 1.807) is 0 Å². The lowest BCUT2D eigenvalue weighted by Gasteiger charge is -2.18. The second-order valence-corrected chi connectivity index (χ2v) is 5.34. The fourth-order valence-electron chi connectivity index (χ4n) is 2.34. The van der Waals surface area contributed by atoms with Crippen LogP contribution in [-0.4, -0.2) is 11.7 Å². The van der Waals surface area contributed by atoms with E-state index < -0.39 is 23.5 Å². The van der Waals surface area contributed by atoms with Gasteiger partial charge in [-0.25, -0.2) is 13.2 Å². The molecule has 0 saturated heterocycles. The minimum Gasteiger partial charge on any atom is -0.394 e. The zero-order chi connectivity index (χ0) is 16.3. The van der Waals surface area contributed by atoms with Crippen molar-refractivity contribution in [3.05, 3.63) is 70.0 Å². The summed E-state index contributed by atoms with van der Waals surface area (Å²) in [4.78, 5) is 0. The first-order valence-electron chi connectivity index (χ1n) is 6.97. The van der Waals surface area contributed by atoms with Gasteiger partial charge in [0.1, 0.15) is 0 Å². The third-order valence-corrected chi connectivity index (χ3v) is 3.63. The average molecular weight is 309 g/mol. The molecule has 0 amide bonds. The van der Waals surface area contributed by atoms with E-state index in [2.05, 4.69) is 5.32 Å². The first-order valence-corrected chi connectivity index (χ1v) is 6.97. The van der Waals surface area contributed by atoms with Gasteiger partial charge < -0.3 is 10.4 Å². The molecule has 2 rings (SSSR count). The fraction of sp³-hybridized carbons (Fsp3) is 0.294. The van der Waals surface area contributed by atoms with Crippen molar-refractivity contribution >= 4 is 0 Å². The van der Waals surface area contributed by atoms with E-state index in [4.69, 9.17) is 0 Å². The number of hydrogen-bond acceptors (Lipinski definition) is 2. The van der Waals surface area contributed by atoms with Gasteiger partial charge >= 0.3 is 0 Å². The Labute approximate surface area is 127 Å². The van der Waals surface area contributed by atoms with E-state index >= 15 is 0 Å². The van der Waals surface area contributed by atoms with E-state index in [1.807, 2.05) is 32.0 Å². The highest BCUT2D eigenvalue weighted by Crippen LogP contribution is 2.20. The van der Waals surface area contributed by atoms with Crippen LogP contribution in [0.25, 0.3) is 0 Å². The predicted octanol–water partition coefficient (Wildman–Crippen LogP) is 3.54. The molecule has 0 aliphatic rings. The lowest BCUT2D eigenvalue weighted by molar-refractivity contribution is 0.242. The van der Waals surface area contributed by atoms with Crippen LogP contribution in [0.2, 0.25) is 0 Å². The third-order valence-electron chi connectivity index (χ3n) is 3.63. The monoisotopic (exact) mass is 309 g/mol. The maximum Gasteiger partial charge on any atom is 0.194 e. The molecule has 1 atom stereocenters. The summed E-state index contributed by atoms with van der Waals surface area (Å²) >= 11 is 0. The first kappa shape index (κ1) is 16.5. The van der Waals surface area contributed by atoms with E-state index in [-0.39, 0.29) is 12.2 Å². The predicted molar refractivity (Wildman–Crippen MR) is 78.9 cm³/mol. The fourth-order valence-corrected chi connectivity index (χ4v) is 2.34. The molecule has 1 unspecified atom stereocenters. The summed E-state index contributed by atoms with van der Waals surface area (Å²) in [5.74, 6) is -4.03. The Morgan fingerprint density at radius 3 is 2.23 bits per heavy atom. The van der Waals surface area contributed by atoms with E-state index in [0.29, 0.717) is 6.54 Å². The third kappa shape index (κ3) is 3.67. The molecule has 0 aliphatic heterocycles. The van der Waals surface area contributed by atoms with Crippen molar-refractivity contribution < 1.29 is 18.3 Å². The highest BCUT2D eigenvalue weighted by molar-refractivity contribution is 5.30. The molecule has 0 saturated carbocycles. The normalized spacial score (nSPS) is 12.5. The Morgan fingerprint density at radius 1 is 1.05 bits per heavy atom. The SMILES string of the molecule is Cc1ccc(CNC(CO)c2cc(F)c(F)c(F)c2)c(C)c1. The second kappa shape index (κ2) is 6.94. The van der Waals surface area contributed by atoms with E-state index in [0.717, 1.165) is 28.8 Å². The maximum atomic E-state index is 13.3. The van der Waals surface area contributed by atoms with Gasteiger partial charge in [-0.3, -0.25) is 0 Å². The summed E-state index contributed by atoms with van der Waals surface area (Å²) in [6.45, 7) is 4.04. The smallest absolute Gasteiger partial charge is 0.194 e. The van der Waals surface area contributed by atoms with Crippen molar-refractivity contribution in [2.45, 2.75) is 26.4 Å². The number of rotatable bonds is 5. The summed E-state index contributed by atoms with van der Waals surface area (Å²) in [5, 5.41) is 12.5. The molecule has 2 nitrogen and oxygen atoms in total. The summed E-state index contributed by atoms with van der Waals surface area (Å²) in [7, 11) is 0. The largest absolute Gasteiger partial charge is 0.394 e. The quantitative estimate of drug-likeness (QED) is 0.828. The molecular formula is C17H18F3NO. The Morgan fingerprint density at radius 2 is 1.68 bits per heavy atom. The van der Waals surface area contributed by atoms with Crippen LogP contribution >= 0.6 is 0 Å². The average Bonchev–Trinajstić information content (AvgIpc) is 2.47. The number of aliphatic hydroxyl groups excluding tert-OH is 1. The molecule has 2 aromatic rings. The van der Waals surface area contributed by atoms with Crippen LogP contribution in [0.5, 0.6) is 0 Å². The number of benzene rings is 2. The second-order valence-electron chi connectivity index (χ2n) is 5.34. The summed E-state index contributed by atoms with van der Waals surface area (Å²) in [5.41, 5.74) is 3.42. The van der Waals surface area contributed by atoms with Crippen LogP contribution in [-0.2, 0) is 6.54 Å². The maximum absolute atomic E-state index is 13.3. The molecule has 0 spiro atoms. The highest BCUT2D eigenvalue weighted by Gasteiger charge is 2.17. The molecule has 0 aliphatic carbocycles. The van der Waals surface area contributed by atoms with Gasteiger partial charge in [0.2, 0.25) is 0 Å². The number of nitrogens with one attached hydrogen (secondary N) is 1. The lowest BCUT2D eigenvalue weighted by Crippen LogP contribution is -2.24. The van der Waals surface area contributed by atoms with Crippen molar-refractivity contribution in [1.29, 1.82) is 0 Å². The summed E-state index contributed by atoms with van der Waals surface area (Å²) < 4.78 is 39.6. The molecule has 2 N–H and O–H groups in total. The van der Waals surface area contributed by atoms with Crippen LogP contribution in [0.4, 0.5) is 13.2 Å². The lowest BCUT2D eigenvalue weighted by atomic mass is 10.0. The number of aryl methyl sites for hydroxylation is 2. The molecule has 2 aromatic carbocycles. The van der Waals surface area contributed by atoms with Crippen LogP contribution < -0.4 is 5.32 Å². The zero-order valence-electron chi connectivity index (χ0n) is 12.5. The Hall–Kier alpha value is -1.85. The number of halogens is 3.